The van der Waals surface area contributed by atoms with Crippen molar-refractivity contribution in [2.75, 3.05) is 0 Å². The lowest BCUT2D eigenvalue weighted by Gasteiger charge is -2.42. The van der Waals surface area contributed by atoms with Crippen molar-refractivity contribution in [3.8, 4) is 0 Å². The fourth-order valence-electron chi connectivity index (χ4n) is 3.40. The van der Waals surface area contributed by atoms with Crippen molar-refractivity contribution in [2.45, 2.75) is 64.9 Å². The molecule has 0 bridgehead atoms. The Kier molecular flexibility index (Phi) is 4.81. The van der Waals surface area contributed by atoms with E-state index in [-0.39, 0.29) is 0 Å². The van der Waals surface area contributed by atoms with E-state index in [2.05, 4.69) is 20.8 Å². The summed E-state index contributed by atoms with van der Waals surface area (Å²) in [5, 5.41) is 11.6. The molecule has 1 aromatic rings. The Labute approximate surface area is 128 Å². The highest BCUT2D eigenvalue weighted by Crippen LogP contribution is 2.44. The minimum atomic E-state index is -0.564. The Morgan fingerprint density at radius 1 is 1.25 bits per heavy atom. The van der Waals surface area contributed by atoms with E-state index in [4.69, 9.17) is 11.6 Å². The first-order chi connectivity index (χ1) is 9.36. The van der Waals surface area contributed by atoms with E-state index in [1.54, 1.807) is 0 Å². The van der Waals surface area contributed by atoms with Gasteiger partial charge in [0.25, 0.3) is 0 Å². The molecule has 2 heteroatoms. The number of benzene rings is 1. The normalized spacial score (nSPS) is 27.6. The summed E-state index contributed by atoms with van der Waals surface area (Å²) in [4.78, 5) is 0. The van der Waals surface area contributed by atoms with Crippen LogP contribution in [0.5, 0.6) is 0 Å². The van der Waals surface area contributed by atoms with Crippen molar-refractivity contribution in [1.82, 2.24) is 0 Å². The third kappa shape index (κ3) is 3.56. The first kappa shape index (κ1) is 15.9. The molecular weight excluding hydrogens is 268 g/mol. The lowest BCUT2D eigenvalue weighted by atomic mass is 9.65. The maximum atomic E-state index is 10.8. The van der Waals surface area contributed by atoms with Gasteiger partial charge in [-0.1, -0.05) is 57.0 Å². The number of halogens is 1. The van der Waals surface area contributed by atoms with Crippen LogP contribution in [0.1, 0.15) is 58.4 Å². The van der Waals surface area contributed by atoms with Crippen LogP contribution in [0.3, 0.4) is 0 Å². The molecule has 1 N–H and O–H groups in total. The number of hydrogen-bond donors (Lipinski definition) is 1. The predicted octanol–water partition coefficient (Wildman–Crippen LogP) is 5.24. The Hall–Kier alpha value is -0.530. The maximum Gasteiger partial charge on any atom is 0.0688 e. The van der Waals surface area contributed by atoms with Gasteiger partial charge in [0.1, 0.15) is 0 Å². The molecule has 1 fully saturated rings. The zero-order chi connectivity index (χ0) is 14.8. The fraction of sp³-hybridized carbons (Fsp3) is 0.667. The molecule has 0 saturated heterocycles. The van der Waals surface area contributed by atoms with Gasteiger partial charge in [-0.2, -0.15) is 0 Å². The van der Waals surface area contributed by atoms with Crippen molar-refractivity contribution >= 4 is 11.6 Å². The smallest absolute Gasteiger partial charge is 0.0688 e. The topological polar surface area (TPSA) is 20.2 Å². The summed E-state index contributed by atoms with van der Waals surface area (Å²) in [6.45, 7) is 6.98. The van der Waals surface area contributed by atoms with Crippen LogP contribution in [-0.4, -0.2) is 10.7 Å². The van der Waals surface area contributed by atoms with Gasteiger partial charge in [0.05, 0.1) is 5.60 Å². The summed E-state index contributed by atoms with van der Waals surface area (Å²) < 4.78 is 0. The maximum absolute atomic E-state index is 10.8. The highest BCUT2D eigenvalue weighted by atomic mass is 35.5. The first-order valence-corrected chi connectivity index (χ1v) is 8.20. The molecule has 0 spiro atoms. The Bertz CT molecular complexity index is 444. The lowest BCUT2D eigenvalue weighted by molar-refractivity contribution is -0.0276. The minimum Gasteiger partial charge on any atom is -0.390 e. The number of hydrogen-bond acceptors (Lipinski definition) is 1. The molecular formula is C18H27ClO. The van der Waals surface area contributed by atoms with Gasteiger partial charge in [-0.3, -0.25) is 0 Å². The largest absolute Gasteiger partial charge is 0.390 e. The predicted molar refractivity (Wildman–Crippen MR) is 86.1 cm³/mol. The highest BCUT2D eigenvalue weighted by Gasteiger charge is 2.38. The third-order valence-corrected chi connectivity index (χ3v) is 5.78. The van der Waals surface area contributed by atoms with Gasteiger partial charge in [-0.25, -0.2) is 0 Å². The molecule has 0 radical (unpaired) electrons. The summed E-state index contributed by atoms with van der Waals surface area (Å²) in [6, 6.07) is 7.88. The summed E-state index contributed by atoms with van der Waals surface area (Å²) in [5.41, 5.74) is 0.904. The second-order valence-corrected chi connectivity index (χ2v) is 7.52. The molecule has 0 unspecified atom stereocenters. The molecule has 112 valence electrons. The van der Waals surface area contributed by atoms with Crippen molar-refractivity contribution in [1.29, 1.82) is 0 Å². The van der Waals surface area contributed by atoms with Crippen LogP contribution in [0.15, 0.2) is 24.3 Å². The van der Waals surface area contributed by atoms with E-state index in [9.17, 15) is 5.11 Å². The van der Waals surface area contributed by atoms with E-state index >= 15 is 0 Å². The summed E-state index contributed by atoms with van der Waals surface area (Å²) >= 11 is 6.22. The average Bonchev–Trinajstić information content (AvgIpc) is 2.42. The molecule has 0 aromatic heterocycles. The van der Waals surface area contributed by atoms with Crippen LogP contribution in [-0.2, 0) is 6.42 Å². The average molecular weight is 295 g/mol. The van der Waals surface area contributed by atoms with Crippen LogP contribution < -0.4 is 0 Å². The van der Waals surface area contributed by atoms with Crippen molar-refractivity contribution < 1.29 is 5.11 Å². The van der Waals surface area contributed by atoms with Crippen molar-refractivity contribution in [3.05, 3.63) is 34.9 Å². The molecule has 0 atom stereocenters. The molecule has 0 heterocycles. The van der Waals surface area contributed by atoms with Gasteiger partial charge in [-0.05, 0) is 48.6 Å². The molecule has 1 saturated carbocycles. The summed E-state index contributed by atoms with van der Waals surface area (Å²) in [7, 11) is 0. The monoisotopic (exact) mass is 294 g/mol. The van der Waals surface area contributed by atoms with Crippen LogP contribution in [0.25, 0.3) is 0 Å². The Morgan fingerprint density at radius 3 is 2.40 bits per heavy atom. The highest BCUT2D eigenvalue weighted by molar-refractivity contribution is 6.31. The zero-order valence-corrected chi connectivity index (χ0v) is 13.7. The van der Waals surface area contributed by atoms with Gasteiger partial charge in [0.2, 0.25) is 0 Å². The van der Waals surface area contributed by atoms with Gasteiger partial charge >= 0.3 is 0 Å². The second-order valence-electron chi connectivity index (χ2n) is 7.11. The number of rotatable bonds is 4. The molecule has 2 rings (SSSR count). The molecule has 1 aliphatic carbocycles. The Balaban J connectivity index is 2.00. The Morgan fingerprint density at radius 2 is 1.85 bits per heavy atom. The zero-order valence-electron chi connectivity index (χ0n) is 13.0. The van der Waals surface area contributed by atoms with Gasteiger partial charge < -0.3 is 5.11 Å². The molecule has 0 aliphatic heterocycles. The standard InChI is InChI=1S/C18H27ClO/c1-4-17(2,3)15-9-11-18(20,12-10-15)13-14-7-5-6-8-16(14)19/h5-8,15,20H,4,9-13H2,1-3H3. The van der Waals surface area contributed by atoms with Gasteiger partial charge in [-0.15, -0.1) is 0 Å². The summed E-state index contributed by atoms with van der Waals surface area (Å²) in [5.74, 6) is 0.735. The second kappa shape index (κ2) is 6.07. The first-order valence-electron chi connectivity index (χ1n) is 7.82. The van der Waals surface area contributed by atoms with Crippen LogP contribution in [0, 0.1) is 11.3 Å². The van der Waals surface area contributed by atoms with Gasteiger partial charge in [0, 0.05) is 11.4 Å². The molecule has 0 amide bonds. The van der Waals surface area contributed by atoms with E-state index in [0.29, 0.717) is 11.8 Å². The quantitative estimate of drug-likeness (QED) is 0.805. The molecule has 1 nitrogen and oxygen atoms in total. The van der Waals surface area contributed by atoms with Crippen LogP contribution in [0.2, 0.25) is 5.02 Å². The van der Waals surface area contributed by atoms with Crippen molar-refractivity contribution in [3.63, 3.8) is 0 Å². The van der Waals surface area contributed by atoms with Crippen LogP contribution >= 0.6 is 11.6 Å². The van der Waals surface area contributed by atoms with Gasteiger partial charge in [0.15, 0.2) is 0 Å². The van der Waals surface area contributed by atoms with Crippen molar-refractivity contribution in [2.24, 2.45) is 11.3 Å². The molecule has 1 aromatic carbocycles. The van der Waals surface area contributed by atoms with E-state index in [1.165, 1.54) is 6.42 Å². The molecule has 20 heavy (non-hydrogen) atoms. The minimum absolute atomic E-state index is 0.395. The van der Waals surface area contributed by atoms with E-state index in [0.717, 1.165) is 42.2 Å². The lowest BCUT2D eigenvalue weighted by Crippen LogP contribution is -2.39. The SMILES string of the molecule is CCC(C)(C)C1CCC(O)(Cc2ccccc2Cl)CC1. The van der Waals surface area contributed by atoms with Crippen LogP contribution in [0.4, 0.5) is 0 Å². The third-order valence-electron chi connectivity index (χ3n) is 5.41. The summed E-state index contributed by atoms with van der Waals surface area (Å²) in [6.07, 6.45) is 5.94. The van der Waals surface area contributed by atoms with E-state index in [1.807, 2.05) is 24.3 Å². The number of aliphatic hydroxyl groups is 1. The fourth-order valence-corrected chi connectivity index (χ4v) is 3.60. The molecule has 1 aliphatic rings. The van der Waals surface area contributed by atoms with E-state index < -0.39 is 5.60 Å².